The fourth-order valence-corrected chi connectivity index (χ4v) is 2.44. The van der Waals surface area contributed by atoms with E-state index in [9.17, 15) is 14.9 Å². The average Bonchev–Trinajstić information content (AvgIpc) is 2.54. The lowest BCUT2D eigenvalue weighted by Gasteiger charge is -2.17. The van der Waals surface area contributed by atoms with Gasteiger partial charge in [-0.15, -0.1) is 0 Å². The quantitative estimate of drug-likeness (QED) is 0.667. The monoisotopic (exact) mass is 334 g/mol. The molecule has 0 fully saturated rings. The third kappa shape index (κ3) is 3.78. The van der Waals surface area contributed by atoms with Crippen LogP contribution in [0.25, 0.3) is 0 Å². The highest BCUT2D eigenvalue weighted by Gasteiger charge is 2.18. The molecule has 0 spiro atoms. The maximum atomic E-state index is 12.3. The number of para-hydroxylation sites is 1. The van der Waals surface area contributed by atoms with Crippen molar-refractivity contribution in [2.24, 2.45) is 0 Å². The van der Waals surface area contributed by atoms with Gasteiger partial charge in [0.2, 0.25) is 0 Å². The van der Waals surface area contributed by atoms with Crippen molar-refractivity contribution in [2.45, 2.75) is 13.0 Å². The zero-order valence-corrected chi connectivity index (χ0v) is 13.3. The first-order chi connectivity index (χ1) is 10.9. The summed E-state index contributed by atoms with van der Waals surface area (Å²) in [6.45, 7) is 1.81. The fourth-order valence-electron chi connectivity index (χ4n) is 2.18. The Balaban J connectivity index is 2.20. The number of amides is 1. The molecule has 0 unspecified atom stereocenters. The summed E-state index contributed by atoms with van der Waals surface area (Å²) in [6.07, 6.45) is 0. The van der Waals surface area contributed by atoms with E-state index in [1.807, 2.05) is 25.1 Å². The molecule has 120 valence electrons. The smallest absolute Gasteiger partial charge is 0.270 e. The number of benzene rings is 2. The molecule has 23 heavy (non-hydrogen) atoms. The van der Waals surface area contributed by atoms with Crippen LogP contribution in [-0.4, -0.2) is 17.9 Å². The van der Waals surface area contributed by atoms with E-state index >= 15 is 0 Å². The summed E-state index contributed by atoms with van der Waals surface area (Å²) in [7, 11) is 1.56. The SMILES string of the molecule is COc1ccccc1[C@H](C)NC(=O)c1ccc([N+](=O)[O-])cc1Cl. The minimum Gasteiger partial charge on any atom is -0.496 e. The first-order valence-electron chi connectivity index (χ1n) is 6.81. The van der Waals surface area contributed by atoms with Crippen molar-refractivity contribution in [1.29, 1.82) is 0 Å². The standard InChI is InChI=1S/C16H15ClN2O4/c1-10(12-5-3-4-6-15(12)23-2)18-16(20)13-8-7-11(19(21)22)9-14(13)17/h3-10H,1-2H3,(H,18,20)/t10-/m0/s1. The van der Waals surface area contributed by atoms with Crippen LogP contribution in [0.5, 0.6) is 5.75 Å². The fraction of sp³-hybridized carbons (Fsp3) is 0.188. The molecule has 2 aromatic rings. The van der Waals surface area contributed by atoms with E-state index in [4.69, 9.17) is 16.3 Å². The van der Waals surface area contributed by atoms with Crippen molar-refractivity contribution < 1.29 is 14.5 Å². The Bertz CT molecular complexity index is 749. The summed E-state index contributed by atoms with van der Waals surface area (Å²) in [5, 5.41) is 13.5. The number of nitro groups is 1. The molecule has 6 nitrogen and oxygen atoms in total. The third-order valence-corrected chi connectivity index (χ3v) is 3.67. The van der Waals surface area contributed by atoms with E-state index < -0.39 is 10.8 Å². The van der Waals surface area contributed by atoms with Gasteiger partial charge >= 0.3 is 0 Å². The molecule has 0 aliphatic rings. The highest BCUT2D eigenvalue weighted by Crippen LogP contribution is 2.26. The van der Waals surface area contributed by atoms with Gasteiger partial charge in [-0.2, -0.15) is 0 Å². The molecular formula is C16H15ClN2O4. The molecule has 0 radical (unpaired) electrons. The first kappa shape index (κ1) is 16.8. The van der Waals surface area contributed by atoms with E-state index in [1.54, 1.807) is 13.2 Å². The number of hydrogen-bond donors (Lipinski definition) is 1. The molecule has 1 N–H and O–H groups in total. The average molecular weight is 335 g/mol. The minimum absolute atomic E-state index is 0.0314. The Labute approximate surface area is 138 Å². The maximum Gasteiger partial charge on any atom is 0.270 e. The first-order valence-corrected chi connectivity index (χ1v) is 7.19. The summed E-state index contributed by atoms with van der Waals surface area (Å²) < 4.78 is 5.27. The van der Waals surface area contributed by atoms with Crippen LogP contribution in [-0.2, 0) is 0 Å². The zero-order chi connectivity index (χ0) is 17.0. The van der Waals surface area contributed by atoms with Gasteiger partial charge in [-0.1, -0.05) is 29.8 Å². The molecule has 0 saturated carbocycles. The van der Waals surface area contributed by atoms with Gasteiger partial charge in [-0.3, -0.25) is 14.9 Å². The molecule has 2 rings (SSSR count). The molecule has 0 aliphatic heterocycles. The van der Waals surface area contributed by atoms with Crippen molar-refractivity contribution in [3.8, 4) is 5.75 Å². The van der Waals surface area contributed by atoms with Gasteiger partial charge in [0.05, 0.1) is 28.7 Å². The number of hydrogen-bond acceptors (Lipinski definition) is 4. The third-order valence-electron chi connectivity index (χ3n) is 3.36. The minimum atomic E-state index is -0.564. The van der Waals surface area contributed by atoms with Gasteiger partial charge in [0.1, 0.15) is 5.75 Å². The molecule has 1 amide bonds. The number of nitro benzene ring substituents is 1. The van der Waals surface area contributed by atoms with E-state index in [0.717, 1.165) is 11.6 Å². The number of carbonyl (C=O) groups is 1. The Morgan fingerprint density at radius 2 is 2.00 bits per heavy atom. The van der Waals surface area contributed by atoms with Crippen molar-refractivity contribution in [2.75, 3.05) is 7.11 Å². The largest absolute Gasteiger partial charge is 0.496 e. The predicted octanol–water partition coefficient (Wildman–Crippen LogP) is 3.75. The predicted molar refractivity (Wildman–Crippen MR) is 87.0 cm³/mol. The Kier molecular flexibility index (Phi) is 5.18. The number of non-ortho nitro benzene ring substituents is 1. The second-order valence-electron chi connectivity index (χ2n) is 4.86. The maximum absolute atomic E-state index is 12.3. The lowest BCUT2D eigenvalue weighted by molar-refractivity contribution is -0.384. The van der Waals surface area contributed by atoms with Gasteiger partial charge in [0.25, 0.3) is 11.6 Å². The number of rotatable bonds is 5. The van der Waals surface area contributed by atoms with Crippen molar-refractivity contribution >= 4 is 23.2 Å². The zero-order valence-electron chi connectivity index (χ0n) is 12.6. The van der Waals surface area contributed by atoms with Crippen LogP contribution < -0.4 is 10.1 Å². The highest BCUT2D eigenvalue weighted by atomic mass is 35.5. The number of methoxy groups -OCH3 is 1. The topological polar surface area (TPSA) is 81.5 Å². The molecule has 0 aliphatic carbocycles. The second-order valence-corrected chi connectivity index (χ2v) is 5.27. The normalized spacial score (nSPS) is 11.6. The van der Waals surface area contributed by atoms with Crippen LogP contribution in [0.15, 0.2) is 42.5 Å². The number of nitrogens with one attached hydrogen (secondary N) is 1. The van der Waals surface area contributed by atoms with Crippen molar-refractivity contribution in [3.05, 3.63) is 68.7 Å². The summed E-state index contributed by atoms with van der Waals surface area (Å²) in [6, 6.07) is 10.8. The molecule has 1 atom stereocenters. The molecule has 0 bridgehead atoms. The van der Waals surface area contributed by atoms with Gasteiger partial charge in [-0.25, -0.2) is 0 Å². The van der Waals surface area contributed by atoms with Crippen molar-refractivity contribution in [3.63, 3.8) is 0 Å². The molecule has 7 heteroatoms. The lowest BCUT2D eigenvalue weighted by atomic mass is 10.1. The van der Waals surface area contributed by atoms with Gasteiger partial charge in [0.15, 0.2) is 0 Å². The van der Waals surface area contributed by atoms with E-state index in [0.29, 0.717) is 5.75 Å². The lowest BCUT2D eigenvalue weighted by Crippen LogP contribution is -2.27. The summed E-state index contributed by atoms with van der Waals surface area (Å²) >= 11 is 5.97. The van der Waals surface area contributed by atoms with Crippen LogP contribution >= 0.6 is 11.6 Å². The molecule has 0 aromatic heterocycles. The molecule has 0 heterocycles. The summed E-state index contributed by atoms with van der Waals surface area (Å²) in [4.78, 5) is 22.5. The van der Waals surface area contributed by atoms with E-state index in [1.165, 1.54) is 12.1 Å². The number of ether oxygens (including phenoxy) is 1. The highest BCUT2D eigenvalue weighted by molar-refractivity contribution is 6.34. The molecule has 0 saturated heterocycles. The number of halogens is 1. The van der Waals surface area contributed by atoms with Crippen LogP contribution in [0, 0.1) is 10.1 Å². The Hall–Kier alpha value is -2.60. The van der Waals surface area contributed by atoms with E-state index in [2.05, 4.69) is 5.32 Å². The van der Waals surface area contributed by atoms with Crippen LogP contribution in [0.1, 0.15) is 28.9 Å². The van der Waals surface area contributed by atoms with Gasteiger partial charge in [-0.05, 0) is 19.1 Å². The van der Waals surface area contributed by atoms with E-state index in [-0.39, 0.29) is 22.3 Å². The van der Waals surface area contributed by atoms with Crippen LogP contribution in [0.2, 0.25) is 5.02 Å². The van der Waals surface area contributed by atoms with Crippen molar-refractivity contribution in [1.82, 2.24) is 5.32 Å². The van der Waals surface area contributed by atoms with Gasteiger partial charge < -0.3 is 10.1 Å². The van der Waals surface area contributed by atoms with Gasteiger partial charge in [0, 0.05) is 17.7 Å². The Morgan fingerprint density at radius 3 is 2.61 bits per heavy atom. The summed E-state index contributed by atoms with van der Waals surface area (Å²) in [5.74, 6) is 0.249. The number of carbonyl (C=O) groups excluding carboxylic acids is 1. The molecule has 2 aromatic carbocycles. The Morgan fingerprint density at radius 1 is 1.30 bits per heavy atom. The summed E-state index contributed by atoms with van der Waals surface area (Å²) in [5.41, 5.74) is 0.838. The second kappa shape index (κ2) is 7.11. The van der Waals surface area contributed by atoms with Crippen LogP contribution in [0.4, 0.5) is 5.69 Å². The molecular weight excluding hydrogens is 320 g/mol. The van der Waals surface area contributed by atoms with Crippen LogP contribution in [0.3, 0.4) is 0 Å². The number of nitrogens with zero attached hydrogens (tertiary/aromatic N) is 1.